The topological polar surface area (TPSA) is 49.8 Å². The van der Waals surface area contributed by atoms with Gasteiger partial charge in [-0.1, -0.05) is 0 Å². The minimum atomic E-state index is 0.644. The number of hydrogen-bond acceptors (Lipinski definition) is 4. The predicted octanol–water partition coefficient (Wildman–Crippen LogP) is 0.770. The Morgan fingerprint density at radius 2 is 2.38 bits per heavy atom. The summed E-state index contributed by atoms with van der Waals surface area (Å²) in [5.74, 6) is 0.979. The van der Waals surface area contributed by atoms with Crippen LogP contribution in [0.3, 0.4) is 0 Å². The molecule has 13 heavy (non-hydrogen) atoms. The number of nitrogens with one attached hydrogen (secondary N) is 2. The molecule has 0 spiro atoms. The molecule has 0 atom stereocenters. The Morgan fingerprint density at radius 3 is 3.08 bits per heavy atom. The summed E-state index contributed by atoms with van der Waals surface area (Å²) in [6.45, 7) is 0.815. The Morgan fingerprint density at radius 1 is 1.54 bits per heavy atom. The van der Waals surface area contributed by atoms with Crippen LogP contribution < -0.4 is 10.6 Å². The molecule has 2 N–H and O–H groups in total. The second-order valence-electron chi connectivity index (χ2n) is 3.35. The van der Waals surface area contributed by atoms with Gasteiger partial charge in [0, 0.05) is 24.3 Å². The first kappa shape index (κ1) is 8.44. The molecule has 1 aliphatic rings. The largest absolute Gasteiger partial charge is 0.367 e. The summed E-state index contributed by atoms with van der Waals surface area (Å²) < 4.78 is 0. The minimum absolute atomic E-state index is 0.644. The highest BCUT2D eigenvalue weighted by molar-refractivity contribution is 5.43. The highest BCUT2D eigenvalue weighted by Crippen LogP contribution is 2.24. The Hall–Kier alpha value is -1.16. The number of anilines is 1. The van der Waals surface area contributed by atoms with Gasteiger partial charge in [-0.15, -0.1) is 0 Å². The molecule has 0 unspecified atom stereocenters. The zero-order chi connectivity index (χ0) is 9.10. The summed E-state index contributed by atoms with van der Waals surface area (Å²) in [6, 6.07) is 0.644. The third kappa shape index (κ3) is 2.15. The molecule has 0 saturated heterocycles. The molecule has 0 radical (unpaired) electrons. The van der Waals surface area contributed by atoms with E-state index in [0.717, 1.165) is 17.9 Å². The molecule has 1 aromatic rings. The van der Waals surface area contributed by atoms with Crippen molar-refractivity contribution in [1.82, 2.24) is 15.3 Å². The van der Waals surface area contributed by atoms with Gasteiger partial charge in [0.1, 0.15) is 12.1 Å². The van der Waals surface area contributed by atoms with Crippen molar-refractivity contribution in [3.63, 3.8) is 0 Å². The molecule has 1 fully saturated rings. The Balaban J connectivity index is 2.10. The van der Waals surface area contributed by atoms with Gasteiger partial charge in [-0.25, -0.2) is 9.97 Å². The van der Waals surface area contributed by atoms with Gasteiger partial charge in [-0.05, 0) is 19.9 Å². The fourth-order valence-corrected chi connectivity index (χ4v) is 1.23. The highest BCUT2D eigenvalue weighted by Gasteiger charge is 2.22. The maximum atomic E-state index is 4.22. The molecule has 1 saturated carbocycles. The van der Waals surface area contributed by atoms with Crippen molar-refractivity contribution in [2.45, 2.75) is 25.4 Å². The summed E-state index contributed by atoms with van der Waals surface area (Å²) in [5, 5.41) is 6.48. The van der Waals surface area contributed by atoms with E-state index in [4.69, 9.17) is 0 Å². The monoisotopic (exact) mass is 178 g/mol. The molecule has 2 rings (SSSR count). The van der Waals surface area contributed by atoms with E-state index < -0.39 is 0 Å². The molecule has 0 aliphatic heterocycles. The quantitative estimate of drug-likeness (QED) is 0.715. The predicted molar refractivity (Wildman–Crippen MR) is 51.4 cm³/mol. The van der Waals surface area contributed by atoms with E-state index in [1.165, 1.54) is 12.8 Å². The summed E-state index contributed by atoms with van der Waals surface area (Å²) in [6.07, 6.45) is 5.98. The van der Waals surface area contributed by atoms with Crippen LogP contribution in [0.15, 0.2) is 12.5 Å². The van der Waals surface area contributed by atoms with Crippen LogP contribution in [0, 0.1) is 0 Å². The van der Waals surface area contributed by atoms with E-state index in [2.05, 4.69) is 20.6 Å². The van der Waals surface area contributed by atoms with Crippen LogP contribution in [0.1, 0.15) is 18.4 Å². The van der Waals surface area contributed by atoms with Gasteiger partial charge in [0.15, 0.2) is 0 Å². The van der Waals surface area contributed by atoms with Crippen molar-refractivity contribution in [2.75, 3.05) is 12.4 Å². The van der Waals surface area contributed by atoms with E-state index in [0.29, 0.717) is 6.04 Å². The van der Waals surface area contributed by atoms with Gasteiger partial charge < -0.3 is 10.6 Å². The second-order valence-corrected chi connectivity index (χ2v) is 3.35. The Labute approximate surface area is 77.8 Å². The molecule has 70 valence electrons. The first-order chi connectivity index (χ1) is 6.40. The molecular formula is C9H14N4. The van der Waals surface area contributed by atoms with Crippen LogP contribution >= 0.6 is 0 Å². The van der Waals surface area contributed by atoms with Crippen LogP contribution in [0.25, 0.3) is 0 Å². The SMILES string of the molecule is CNCc1cncnc1NC1CC1. The van der Waals surface area contributed by atoms with Crippen molar-refractivity contribution >= 4 is 5.82 Å². The van der Waals surface area contributed by atoms with Crippen molar-refractivity contribution < 1.29 is 0 Å². The smallest absolute Gasteiger partial charge is 0.134 e. The van der Waals surface area contributed by atoms with Gasteiger partial charge in [0.2, 0.25) is 0 Å². The molecular weight excluding hydrogens is 164 g/mol. The van der Waals surface area contributed by atoms with Crippen LogP contribution in [0.2, 0.25) is 0 Å². The van der Waals surface area contributed by atoms with Gasteiger partial charge in [0.25, 0.3) is 0 Å². The van der Waals surface area contributed by atoms with Crippen LogP contribution in [-0.4, -0.2) is 23.1 Å². The minimum Gasteiger partial charge on any atom is -0.367 e. The summed E-state index contributed by atoms with van der Waals surface area (Å²) in [7, 11) is 1.92. The number of rotatable bonds is 4. The second kappa shape index (κ2) is 3.70. The number of hydrogen-bond donors (Lipinski definition) is 2. The molecule has 0 amide bonds. The van der Waals surface area contributed by atoms with E-state index >= 15 is 0 Å². The first-order valence-corrected chi connectivity index (χ1v) is 4.60. The van der Waals surface area contributed by atoms with Crippen molar-refractivity contribution in [1.29, 1.82) is 0 Å². The molecule has 1 heterocycles. The third-order valence-electron chi connectivity index (χ3n) is 2.07. The third-order valence-corrected chi connectivity index (χ3v) is 2.07. The maximum Gasteiger partial charge on any atom is 0.134 e. The van der Waals surface area contributed by atoms with Crippen molar-refractivity contribution in [3.8, 4) is 0 Å². The average Bonchev–Trinajstić information content (AvgIpc) is 2.93. The summed E-state index contributed by atoms with van der Waals surface area (Å²) in [4.78, 5) is 8.22. The fraction of sp³-hybridized carbons (Fsp3) is 0.556. The van der Waals surface area contributed by atoms with Gasteiger partial charge in [-0.3, -0.25) is 0 Å². The highest BCUT2D eigenvalue weighted by atomic mass is 15.1. The number of aromatic nitrogens is 2. The van der Waals surface area contributed by atoms with Gasteiger partial charge >= 0.3 is 0 Å². The fourth-order valence-electron chi connectivity index (χ4n) is 1.23. The van der Waals surface area contributed by atoms with Gasteiger partial charge in [-0.2, -0.15) is 0 Å². The van der Waals surface area contributed by atoms with Gasteiger partial charge in [0.05, 0.1) is 0 Å². The molecule has 1 aliphatic carbocycles. The molecule has 4 nitrogen and oxygen atoms in total. The molecule has 0 bridgehead atoms. The van der Waals surface area contributed by atoms with E-state index in [9.17, 15) is 0 Å². The van der Waals surface area contributed by atoms with Crippen molar-refractivity contribution in [3.05, 3.63) is 18.1 Å². The van der Waals surface area contributed by atoms with Crippen LogP contribution in [0.5, 0.6) is 0 Å². The molecule has 1 aromatic heterocycles. The summed E-state index contributed by atoms with van der Waals surface area (Å²) in [5.41, 5.74) is 1.14. The Kier molecular flexibility index (Phi) is 2.40. The molecule has 4 heteroatoms. The number of nitrogens with zero attached hydrogens (tertiary/aromatic N) is 2. The zero-order valence-corrected chi connectivity index (χ0v) is 7.75. The standard InChI is InChI=1S/C9H14N4/c1-10-4-7-5-11-6-12-9(7)13-8-2-3-8/h5-6,8,10H,2-4H2,1H3,(H,11,12,13). The lowest BCUT2D eigenvalue weighted by molar-refractivity contribution is 0.806. The first-order valence-electron chi connectivity index (χ1n) is 4.60. The van der Waals surface area contributed by atoms with E-state index in [-0.39, 0.29) is 0 Å². The van der Waals surface area contributed by atoms with E-state index in [1.807, 2.05) is 13.2 Å². The lowest BCUT2D eigenvalue weighted by Crippen LogP contribution is -2.12. The normalized spacial score (nSPS) is 15.8. The Bertz CT molecular complexity index is 283. The maximum absolute atomic E-state index is 4.22. The summed E-state index contributed by atoms with van der Waals surface area (Å²) >= 11 is 0. The average molecular weight is 178 g/mol. The lowest BCUT2D eigenvalue weighted by Gasteiger charge is -2.08. The lowest BCUT2D eigenvalue weighted by atomic mass is 10.3. The van der Waals surface area contributed by atoms with Crippen molar-refractivity contribution in [2.24, 2.45) is 0 Å². The zero-order valence-electron chi connectivity index (χ0n) is 7.75. The van der Waals surface area contributed by atoms with E-state index in [1.54, 1.807) is 6.33 Å². The van der Waals surface area contributed by atoms with Crippen LogP contribution in [0.4, 0.5) is 5.82 Å². The van der Waals surface area contributed by atoms with Crippen LogP contribution in [-0.2, 0) is 6.54 Å². The molecule has 0 aromatic carbocycles.